The first kappa shape index (κ1) is 11.9. The Morgan fingerprint density at radius 1 is 1.59 bits per heavy atom. The second kappa shape index (κ2) is 4.71. The molecule has 2 atom stereocenters. The maximum atomic E-state index is 10.8. The monoisotopic (exact) mass is 236 g/mol. The Bertz CT molecular complexity index is 434. The molecular formula is C12H16N2O3. The van der Waals surface area contributed by atoms with Crippen molar-refractivity contribution in [2.75, 3.05) is 7.11 Å². The van der Waals surface area contributed by atoms with Crippen molar-refractivity contribution < 1.29 is 9.66 Å². The van der Waals surface area contributed by atoms with Crippen molar-refractivity contribution in [2.24, 2.45) is 5.92 Å². The molecule has 1 aliphatic carbocycles. The van der Waals surface area contributed by atoms with E-state index in [4.69, 9.17) is 4.74 Å². The summed E-state index contributed by atoms with van der Waals surface area (Å²) < 4.78 is 4.95. The largest absolute Gasteiger partial charge is 0.490 e. The summed E-state index contributed by atoms with van der Waals surface area (Å²) in [5, 5.41) is 14.2. The van der Waals surface area contributed by atoms with Gasteiger partial charge in [-0.15, -0.1) is 0 Å². The van der Waals surface area contributed by atoms with Crippen molar-refractivity contribution in [3.05, 3.63) is 33.9 Å². The average Bonchev–Trinajstić information content (AvgIpc) is 3.02. The minimum Gasteiger partial charge on any atom is -0.490 e. The first-order valence-electron chi connectivity index (χ1n) is 5.66. The fourth-order valence-corrected chi connectivity index (χ4v) is 1.84. The molecule has 2 unspecified atom stereocenters. The van der Waals surface area contributed by atoms with Crippen LogP contribution in [0.4, 0.5) is 5.69 Å². The lowest BCUT2D eigenvalue weighted by Gasteiger charge is -2.06. The SMILES string of the molecule is COc1ccc(CNC2CC2C)cc1[N+](=O)[O-]. The van der Waals surface area contributed by atoms with Crippen LogP contribution in [-0.2, 0) is 6.54 Å². The molecule has 0 radical (unpaired) electrons. The van der Waals surface area contributed by atoms with Gasteiger partial charge in [-0.2, -0.15) is 0 Å². The van der Waals surface area contributed by atoms with Crippen LogP contribution in [0.3, 0.4) is 0 Å². The molecule has 0 amide bonds. The van der Waals surface area contributed by atoms with Gasteiger partial charge in [-0.1, -0.05) is 13.0 Å². The van der Waals surface area contributed by atoms with Crippen LogP contribution in [0.2, 0.25) is 0 Å². The van der Waals surface area contributed by atoms with Gasteiger partial charge < -0.3 is 10.1 Å². The molecule has 0 bridgehead atoms. The molecule has 5 heteroatoms. The van der Waals surface area contributed by atoms with E-state index in [2.05, 4.69) is 12.2 Å². The van der Waals surface area contributed by atoms with Gasteiger partial charge in [0, 0.05) is 18.7 Å². The zero-order chi connectivity index (χ0) is 12.4. The number of rotatable bonds is 5. The normalized spacial score (nSPS) is 22.2. The van der Waals surface area contributed by atoms with Crippen molar-refractivity contribution in [2.45, 2.75) is 25.9 Å². The Morgan fingerprint density at radius 3 is 2.82 bits per heavy atom. The zero-order valence-corrected chi connectivity index (χ0v) is 9.97. The van der Waals surface area contributed by atoms with E-state index in [-0.39, 0.29) is 5.69 Å². The smallest absolute Gasteiger partial charge is 0.311 e. The number of hydrogen-bond donors (Lipinski definition) is 1. The third-order valence-electron chi connectivity index (χ3n) is 3.12. The number of nitro benzene ring substituents is 1. The summed E-state index contributed by atoms with van der Waals surface area (Å²) in [6, 6.07) is 5.63. The molecule has 1 aliphatic rings. The van der Waals surface area contributed by atoms with E-state index in [1.165, 1.54) is 13.5 Å². The Hall–Kier alpha value is -1.62. The van der Waals surface area contributed by atoms with E-state index < -0.39 is 4.92 Å². The second-order valence-corrected chi connectivity index (χ2v) is 4.46. The predicted molar refractivity (Wildman–Crippen MR) is 64.1 cm³/mol. The summed E-state index contributed by atoms with van der Waals surface area (Å²) in [4.78, 5) is 10.4. The van der Waals surface area contributed by atoms with Crippen molar-refractivity contribution in [1.29, 1.82) is 0 Å². The molecule has 0 spiro atoms. The molecule has 0 heterocycles. The Labute approximate surface area is 99.9 Å². The van der Waals surface area contributed by atoms with Crippen LogP contribution < -0.4 is 10.1 Å². The summed E-state index contributed by atoms with van der Waals surface area (Å²) >= 11 is 0. The summed E-state index contributed by atoms with van der Waals surface area (Å²) in [6.07, 6.45) is 1.19. The minimum atomic E-state index is -0.415. The van der Waals surface area contributed by atoms with Crippen molar-refractivity contribution in [3.63, 3.8) is 0 Å². The van der Waals surface area contributed by atoms with Gasteiger partial charge in [0.1, 0.15) is 0 Å². The molecule has 1 aromatic rings. The molecule has 17 heavy (non-hydrogen) atoms. The Kier molecular flexibility index (Phi) is 3.28. The summed E-state index contributed by atoms with van der Waals surface area (Å²) in [5.74, 6) is 1.03. The molecule has 2 rings (SSSR count). The highest BCUT2D eigenvalue weighted by atomic mass is 16.6. The molecule has 0 aromatic heterocycles. The molecule has 1 saturated carbocycles. The van der Waals surface area contributed by atoms with Gasteiger partial charge in [-0.05, 0) is 24.0 Å². The average molecular weight is 236 g/mol. The van der Waals surface area contributed by atoms with Crippen molar-refractivity contribution in [3.8, 4) is 5.75 Å². The van der Waals surface area contributed by atoms with Gasteiger partial charge in [0.2, 0.25) is 0 Å². The van der Waals surface area contributed by atoms with Gasteiger partial charge in [0.15, 0.2) is 5.75 Å². The summed E-state index contributed by atoms with van der Waals surface area (Å²) in [5.41, 5.74) is 0.937. The standard InChI is InChI=1S/C12H16N2O3/c1-8-5-10(8)13-7-9-3-4-12(17-2)11(6-9)14(15)16/h3-4,6,8,10,13H,5,7H2,1-2H3. The maximum Gasteiger partial charge on any atom is 0.311 e. The summed E-state index contributed by atoms with van der Waals surface area (Å²) in [6.45, 7) is 2.86. The van der Waals surface area contributed by atoms with E-state index in [1.807, 2.05) is 6.07 Å². The fourth-order valence-electron chi connectivity index (χ4n) is 1.84. The van der Waals surface area contributed by atoms with Crippen LogP contribution in [0.5, 0.6) is 5.75 Å². The van der Waals surface area contributed by atoms with Gasteiger partial charge in [0.05, 0.1) is 12.0 Å². The Morgan fingerprint density at radius 2 is 2.29 bits per heavy atom. The van der Waals surface area contributed by atoms with Gasteiger partial charge in [-0.3, -0.25) is 10.1 Å². The van der Waals surface area contributed by atoms with E-state index >= 15 is 0 Å². The van der Waals surface area contributed by atoms with E-state index in [1.54, 1.807) is 12.1 Å². The minimum absolute atomic E-state index is 0.0237. The molecule has 92 valence electrons. The van der Waals surface area contributed by atoms with Crippen molar-refractivity contribution >= 4 is 5.69 Å². The van der Waals surface area contributed by atoms with Crippen LogP contribution in [0.1, 0.15) is 18.9 Å². The number of ether oxygens (including phenoxy) is 1. The van der Waals surface area contributed by atoms with Crippen LogP contribution in [-0.4, -0.2) is 18.1 Å². The van der Waals surface area contributed by atoms with Crippen molar-refractivity contribution in [1.82, 2.24) is 5.32 Å². The second-order valence-electron chi connectivity index (χ2n) is 4.46. The molecule has 5 nitrogen and oxygen atoms in total. The predicted octanol–water partition coefficient (Wildman–Crippen LogP) is 2.10. The lowest BCUT2D eigenvalue weighted by atomic mass is 10.2. The van der Waals surface area contributed by atoms with E-state index in [0.717, 1.165) is 11.5 Å². The fraction of sp³-hybridized carbons (Fsp3) is 0.500. The van der Waals surface area contributed by atoms with E-state index in [9.17, 15) is 10.1 Å². The van der Waals surface area contributed by atoms with Crippen LogP contribution in [0, 0.1) is 16.0 Å². The lowest BCUT2D eigenvalue weighted by Crippen LogP contribution is -2.17. The third-order valence-corrected chi connectivity index (χ3v) is 3.12. The number of hydrogen-bond acceptors (Lipinski definition) is 4. The van der Waals surface area contributed by atoms with E-state index in [0.29, 0.717) is 18.3 Å². The molecule has 1 aromatic carbocycles. The highest BCUT2D eigenvalue weighted by Gasteiger charge is 2.31. The topological polar surface area (TPSA) is 64.4 Å². The highest BCUT2D eigenvalue weighted by molar-refractivity contribution is 5.48. The quantitative estimate of drug-likeness (QED) is 0.628. The third kappa shape index (κ3) is 2.74. The van der Waals surface area contributed by atoms with Crippen LogP contribution in [0.25, 0.3) is 0 Å². The molecular weight excluding hydrogens is 220 g/mol. The lowest BCUT2D eigenvalue weighted by molar-refractivity contribution is -0.385. The Balaban J connectivity index is 2.07. The number of nitro groups is 1. The van der Waals surface area contributed by atoms with Gasteiger partial charge in [-0.25, -0.2) is 0 Å². The first-order valence-corrected chi connectivity index (χ1v) is 5.66. The molecule has 1 N–H and O–H groups in total. The number of methoxy groups -OCH3 is 1. The van der Waals surface area contributed by atoms with Crippen LogP contribution in [0.15, 0.2) is 18.2 Å². The highest BCUT2D eigenvalue weighted by Crippen LogP contribution is 2.30. The maximum absolute atomic E-state index is 10.8. The van der Waals surface area contributed by atoms with Gasteiger partial charge >= 0.3 is 5.69 Å². The summed E-state index contributed by atoms with van der Waals surface area (Å²) in [7, 11) is 1.44. The van der Waals surface area contributed by atoms with Gasteiger partial charge in [0.25, 0.3) is 0 Å². The molecule has 0 saturated heterocycles. The first-order chi connectivity index (χ1) is 8.11. The molecule has 0 aliphatic heterocycles. The zero-order valence-electron chi connectivity index (χ0n) is 9.97. The number of nitrogens with one attached hydrogen (secondary N) is 1. The van der Waals surface area contributed by atoms with Crippen LogP contribution >= 0.6 is 0 Å². The number of nitrogens with zero attached hydrogens (tertiary/aromatic N) is 1. The molecule has 1 fully saturated rings. The number of benzene rings is 1.